The molecule has 1 aromatic rings. The Morgan fingerprint density at radius 2 is 1.73 bits per heavy atom. The summed E-state index contributed by atoms with van der Waals surface area (Å²) in [6, 6.07) is 1.72. The summed E-state index contributed by atoms with van der Waals surface area (Å²) in [5.74, 6) is -0.687. The van der Waals surface area contributed by atoms with Gasteiger partial charge in [0.05, 0.1) is 17.2 Å². The lowest BCUT2D eigenvalue weighted by Gasteiger charge is -2.23. The molecule has 0 aromatic heterocycles. The van der Waals surface area contributed by atoms with Gasteiger partial charge in [0.15, 0.2) is 11.5 Å². The number of unbranched alkanes of at least 4 members (excludes halogenated alkanes) is 6. The Balaban J connectivity index is 2.04. The van der Waals surface area contributed by atoms with Gasteiger partial charge < -0.3 is 14.8 Å². The third kappa shape index (κ3) is 8.34. The largest absolute Gasteiger partial charge is 0.494 e. The van der Waals surface area contributed by atoms with E-state index in [2.05, 4.69) is 24.1 Å². The number of nitrogens with one attached hydrogen (secondary N) is 1. The van der Waals surface area contributed by atoms with Crippen molar-refractivity contribution in [3.05, 3.63) is 21.7 Å². The molecule has 186 valence electrons. The van der Waals surface area contributed by atoms with Crippen LogP contribution in [0.2, 0.25) is 10.0 Å². The molecule has 8 heteroatoms. The van der Waals surface area contributed by atoms with E-state index < -0.39 is 11.9 Å². The van der Waals surface area contributed by atoms with Crippen LogP contribution in [0.3, 0.4) is 0 Å². The molecule has 1 heterocycles. The molecule has 1 atom stereocenters. The van der Waals surface area contributed by atoms with E-state index in [-0.39, 0.29) is 39.6 Å². The summed E-state index contributed by atoms with van der Waals surface area (Å²) in [6.45, 7) is 6.77. The van der Waals surface area contributed by atoms with Crippen molar-refractivity contribution in [2.45, 2.75) is 84.1 Å². The summed E-state index contributed by atoms with van der Waals surface area (Å²) in [5.41, 5.74) is 0.0592. The van der Waals surface area contributed by atoms with Gasteiger partial charge in [-0.25, -0.2) is 0 Å². The van der Waals surface area contributed by atoms with E-state index in [9.17, 15) is 9.59 Å². The van der Waals surface area contributed by atoms with E-state index in [4.69, 9.17) is 32.7 Å². The standard InChI is InChI=1S/C25H38Cl2N2O4/c1-4-6-7-8-9-10-11-14-21(30)33-24-20(27)16-19(26)23(32-3)22(24)25(31)28-17-18-13-12-15-29(18)5-2/h16,18H,4-15,17H2,1-3H3,(H,28,31). The molecule has 2 rings (SSSR count). The lowest BCUT2D eigenvalue weighted by atomic mass is 10.1. The molecule has 1 fully saturated rings. The van der Waals surface area contributed by atoms with Crippen molar-refractivity contribution in [1.29, 1.82) is 0 Å². The minimum absolute atomic E-state index is 0.00197. The maximum atomic E-state index is 13.2. The summed E-state index contributed by atoms with van der Waals surface area (Å²) >= 11 is 12.6. The van der Waals surface area contributed by atoms with Crippen LogP contribution in [-0.2, 0) is 4.79 Å². The van der Waals surface area contributed by atoms with Crippen LogP contribution in [-0.4, -0.2) is 49.6 Å². The quantitative estimate of drug-likeness (QED) is 0.185. The zero-order valence-electron chi connectivity index (χ0n) is 20.2. The number of hydrogen-bond acceptors (Lipinski definition) is 5. The fraction of sp³-hybridized carbons (Fsp3) is 0.680. The molecule has 1 aliphatic heterocycles. The summed E-state index contributed by atoms with van der Waals surface area (Å²) in [5, 5.41) is 3.25. The average molecular weight is 501 g/mol. The molecule has 33 heavy (non-hydrogen) atoms. The molecule has 6 nitrogen and oxygen atoms in total. The first kappa shape index (κ1) is 27.7. The first-order valence-corrected chi connectivity index (χ1v) is 13.0. The zero-order chi connectivity index (χ0) is 24.2. The molecule has 0 aliphatic carbocycles. The lowest BCUT2D eigenvalue weighted by Crippen LogP contribution is -2.40. The van der Waals surface area contributed by atoms with Crippen molar-refractivity contribution < 1.29 is 19.1 Å². The zero-order valence-corrected chi connectivity index (χ0v) is 21.7. The highest BCUT2D eigenvalue weighted by Gasteiger charge is 2.28. The van der Waals surface area contributed by atoms with Crippen LogP contribution in [0.25, 0.3) is 0 Å². The van der Waals surface area contributed by atoms with Gasteiger partial charge in [0.25, 0.3) is 5.91 Å². The van der Waals surface area contributed by atoms with Gasteiger partial charge in [-0.05, 0) is 38.4 Å². The van der Waals surface area contributed by atoms with E-state index in [1.165, 1.54) is 38.9 Å². The number of likely N-dealkylation sites (N-methyl/N-ethyl adjacent to an activating group) is 1. The monoisotopic (exact) mass is 500 g/mol. The second kappa shape index (κ2) is 14.7. The highest BCUT2D eigenvalue weighted by atomic mass is 35.5. The van der Waals surface area contributed by atoms with Crippen LogP contribution in [0.15, 0.2) is 6.07 Å². The Kier molecular flexibility index (Phi) is 12.4. The fourth-order valence-corrected chi connectivity index (χ4v) is 4.90. The smallest absolute Gasteiger partial charge is 0.311 e. The van der Waals surface area contributed by atoms with Crippen LogP contribution in [0.5, 0.6) is 11.5 Å². The number of halogens is 2. The number of hydrogen-bond donors (Lipinski definition) is 1. The van der Waals surface area contributed by atoms with E-state index in [0.717, 1.165) is 45.2 Å². The van der Waals surface area contributed by atoms with E-state index in [1.807, 2.05) is 0 Å². The Hall–Kier alpha value is -1.50. The van der Waals surface area contributed by atoms with Crippen LogP contribution in [0.4, 0.5) is 0 Å². The molecule has 1 unspecified atom stereocenters. The van der Waals surface area contributed by atoms with Gasteiger partial charge in [-0.3, -0.25) is 14.5 Å². The average Bonchev–Trinajstić information content (AvgIpc) is 3.26. The van der Waals surface area contributed by atoms with E-state index in [1.54, 1.807) is 0 Å². The maximum Gasteiger partial charge on any atom is 0.311 e. The molecule has 1 amide bonds. The van der Waals surface area contributed by atoms with Gasteiger partial charge in [0, 0.05) is 19.0 Å². The topological polar surface area (TPSA) is 67.9 Å². The number of nitrogens with zero attached hydrogens (tertiary/aromatic N) is 1. The summed E-state index contributed by atoms with van der Waals surface area (Å²) in [4.78, 5) is 28.0. The SMILES string of the molecule is CCCCCCCCCC(=O)Oc1c(Cl)cc(Cl)c(OC)c1C(=O)NCC1CCCN1CC. The summed E-state index contributed by atoms with van der Waals surface area (Å²) < 4.78 is 11.0. The number of rotatable bonds is 14. The molecule has 0 bridgehead atoms. The second-order valence-electron chi connectivity index (χ2n) is 8.56. The summed E-state index contributed by atoms with van der Waals surface area (Å²) in [6.07, 6.45) is 10.1. The number of methoxy groups -OCH3 is 1. The van der Waals surface area contributed by atoms with Crippen molar-refractivity contribution in [2.24, 2.45) is 0 Å². The van der Waals surface area contributed by atoms with Gasteiger partial charge in [-0.15, -0.1) is 0 Å². The van der Waals surface area contributed by atoms with Crippen LogP contribution >= 0.6 is 23.2 Å². The fourth-order valence-electron chi connectivity index (χ4n) is 4.32. The number of amides is 1. The number of benzene rings is 1. The van der Waals surface area contributed by atoms with Gasteiger partial charge >= 0.3 is 5.97 Å². The predicted molar refractivity (Wildman–Crippen MR) is 134 cm³/mol. The van der Waals surface area contributed by atoms with E-state index >= 15 is 0 Å². The molecule has 1 aromatic carbocycles. The minimum Gasteiger partial charge on any atom is -0.494 e. The molecular formula is C25H38Cl2N2O4. The normalized spacial score (nSPS) is 16.1. The van der Waals surface area contributed by atoms with Crippen molar-refractivity contribution in [3.63, 3.8) is 0 Å². The van der Waals surface area contributed by atoms with Crippen LogP contribution < -0.4 is 14.8 Å². The van der Waals surface area contributed by atoms with Crippen molar-refractivity contribution >= 4 is 35.1 Å². The molecule has 0 saturated carbocycles. The number of ether oxygens (including phenoxy) is 2. The minimum atomic E-state index is -0.420. The van der Waals surface area contributed by atoms with Gasteiger partial charge in [-0.2, -0.15) is 0 Å². The first-order chi connectivity index (χ1) is 15.9. The van der Waals surface area contributed by atoms with Crippen LogP contribution in [0.1, 0.15) is 88.4 Å². The van der Waals surface area contributed by atoms with Crippen molar-refractivity contribution in [2.75, 3.05) is 26.7 Å². The Morgan fingerprint density at radius 3 is 2.39 bits per heavy atom. The number of esters is 1. The Bertz CT molecular complexity index is 788. The number of carbonyl (C=O) groups excluding carboxylic acids is 2. The Labute approximate surface area is 208 Å². The van der Waals surface area contributed by atoms with Gasteiger partial charge in [-0.1, -0.05) is 75.6 Å². The highest BCUT2D eigenvalue weighted by Crippen LogP contribution is 2.41. The molecule has 1 saturated heterocycles. The third-order valence-corrected chi connectivity index (χ3v) is 6.74. The maximum absolute atomic E-state index is 13.2. The lowest BCUT2D eigenvalue weighted by molar-refractivity contribution is -0.134. The second-order valence-corrected chi connectivity index (χ2v) is 9.37. The van der Waals surface area contributed by atoms with Crippen LogP contribution in [0, 0.1) is 0 Å². The highest BCUT2D eigenvalue weighted by molar-refractivity contribution is 6.37. The molecule has 1 aliphatic rings. The molecular weight excluding hydrogens is 463 g/mol. The predicted octanol–water partition coefficient (Wildman–Crippen LogP) is 6.26. The number of likely N-dealkylation sites (tertiary alicyclic amines) is 1. The molecule has 0 spiro atoms. The first-order valence-electron chi connectivity index (χ1n) is 12.2. The molecule has 1 N–H and O–H groups in total. The Morgan fingerprint density at radius 1 is 1.06 bits per heavy atom. The summed E-state index contributed by atoms with van der Waals surface area (Å²) in [7, 11) is 1.42. The van der Waals surface area contributed by atoms with Crippen molar-refractivity contribution in [1.82, 2.24) is 10.2 Å². The third-order valence-electron chi connectivity index (χ3n) is 6.18. The van der Waals surface area contributed by atoms with Crippen molar-refractivity contribution in [3.8, 4) is 11.5 Å². The molecule has 0 radical (unpaired) electrons. The number of carbonyl (C=O) groups is 2. The van der Waals surface area contributed by atoms with E-state index in [0.29, 0.717) is 6.54 Å². The van der Waals surface area contributed by atoms with Gasteiger partial charge in [0.1, 0.15) is 5.56 Å². The van der Waals surface area contributed by atoms with Gasteiger partial charge in [0.2, 0.25) is 0 Å².